The summed E-state index contributed by atoms with van der Waals surface area (Å²) in [6, 6.07) is 2.45. The Hall–Kier alpha value is -4.16. The van der Waals surface area contributed by atoms with Crippen molar-refractivity contribution in [3.05, 3.63) is 47.3 Å². The average Bonchev–Trinajstić information content (AvgIpc) is 3.27. The van der Waals surface area contributed by atoms with Crippen LogP contribution in [0.3, 0.4) is 0 Å². The van der Waals surface area contributed by atoms with E-state index in [1.165, 1.54) is 15.9 Å². The summed E-state index contributed by atoms with van der Waals surface area (Å²) < 4.78 is 25.4. The Balaban J connectivity index is 1.37. The van der Waals surface area contributed by atoms with Crippen molar-refractivity contribution >= 4 is 30.0 Å². The number of benzene rings is 1. The van der Waals surface area contributed by atoms with Crippen LogP contribution < -0.4 is 10.6 Å². The number of fused-ring (bicyclic) bond motifs is 3. The van der Waals surface area contributed by atoms with E-state index in [4.69, 9.17) is 9.47 Å². The molecule has 0 spiro atoms. The van der Waals surface area contributed by atoms with Crippen LogP contribution in [0.1, 0.15) is 76.8 Å². The number of nitrogens with zero attached hydrogens (tertiary/aromatic N) is 2. The Morgan fingerprint density at radius 3 is 2.62 bits per heavy atom. The second kappa shape index (κ2) is 12.7. The lowest BCUT2D eigenvalue weighted by atomic mass is 10.0. The number of carbonyl (C=O) groups is 5. The maximum absolute atomic E-state index is 14.3. The number of rotatable bonds is 3. The molecule has 5 rings (SSSR count). The maximum Gasteiger partial charge on any atom is 0.410 e. The number of aliphatic carboxylic acids is 1. The Morgan fingerprint density at radius 2 is 1.91 bits per heavy atom. The van der Waals surface area contributed by atoms with Gasteiger partial charge in [0.2, 0.25) is 11.8 Å². The Morgan fingerprint density at radius 1 is 1.13 bits per heavy atom. The zero-order valence-electron chi connectivity index (χ0n) is 25.8. The smallest absolute Gasteiger partial charge is 0.410 e. The number of alkyl carbamates (subject to hydrolysis) is 1. The van der Waals surface area contributed by atoms with Gasteiger partial charge in [-0.3, -0.25) is 14.5 Å². The first-order valence-corrected chi connectivity index (χ1v) is 15.5. The molecule has 1 aromatic carbocycles. The number of halogens is 1. The molecule has 3 N–H and O–H groups in total. The van der Waals surface area contributed by atoms with Gasteiger partial charge in [0.25, 0.3) is 0 Å². The third-order valence-corrected chi connectivity index (χ3v) is 8.76. The van der Waals surface area contributed by atoms with Crippen molar-refractivity contribution in [1.82, 2.24) is 20.4 Å². The molecule has 1 aliphatic carbocycles. The summed E-state index contributed by atoms with van der Waals surface area (Å²) >= 11 is 0. The first-order valence-electron chi connectivity index (χ1n) is 15.5. The summed E-state index contributed by atoms with van der Waals surface area (Å²) in [6.07, 6.45) is 4.66. The van der Waals surface area contributed by atoms with Gasteiger partial charge >= 0.3 is 18.2 Å². The van der Waals surface area contributed by atoms with E-state index < -0.39 is 65.1 Å². The van der Waals surface area contributed by atoms with Crippen molar-refractivity contribution < 1.29 is 42.9 Å². The molecule has 1 saturated heterocycles. The second-order valence-corrected chi connectivity index (χ2v) is 13.3. The van der Waals surface area contributed by atoms with Gasteiger partial charge in [-0.1, -0.05) is 37.1 Å². The number of carboxylic acids is 1. The molecule has 13 heteroatoms. The molecule has 0 aromatic heterocycles. The third-order valence-electron chi connectivity index (χ3n) is 8.76. The highest BCUT2D eigenvalue weighted by molar-refractivity contribution is 5.96. The zero-order valence-corrected chi connectivity index (χ0v) is 25.8. The van der Waals surface area contributed by atoms with Crippen molar-refractivity contribution in [2.24, 2.45) is 5.92 Å². The van der Waals surface area contributed by atoms with Gasteiger partial charge in [0.1, 0.15) is 35.1 Å². The summed E-state index contributed by atoms with van der Waals surface area (Å²) in [5.74, 6) is -3.20. The molecule has 3 aliphatic heterocycles. The molecule has 3 heterocycles. The summed E-state index contributed by atoms with van der Waals surface area (Å²) in [7, 11) is 0. The Kier molecular flexibility index (Phi) is 9.09. The number of allylic oxidation sites excluding steroid dienone is 1. The standard InChI is InChI=1S/C32H41FN4O8/c1-31(2,3)45-29(42)34-24-13-8-6-4-5-7-11-20-15-32(20,28(40)41)35-26(38)25-14-21(17-37(25)27(24)39)44-30(43)36-16-19-10-9-12-23(33)22(19)18-36/h7,9-12,20-21,24-25H,4-6,8,13-18H2,1-3H3,(H,34,42)(H,35,38)(H,40,41)/b11-7+. The van der Waals surface area contributed by atoms with Crippen LogP contribution in [0.2, 0.25) is 0 Å². The number of carboxylic acid groups (broad SMARTS) is 1. The quantitative estimate of drug-likeness (QED) is 0.429. The molecule has 2 fully saturated rings. The molecule has 244 valence electrons. The van der Waals surface area contributed by atoms with Crippen LogP contribution in [0.5, 0.6) is 0 Å². The van der Waals surface area contributed by atoms with Gasteiger partial charge in [-0.25, -0.2) is 18.8 Å². The van der Waals surface area contributed by atoms with Crippen LogP contribution in [-0.4, -0.2) is 80.7 Å². The van der Waals surface area contributed by atoms with Gasteiger partial charge in [-0.2, -0.15) is 0 Å². The zero-order chi connectivity index (χ0) is 32.5. The fraction of sp³-hybridized carbons (Fsp3) is 0.594. The van der Waals surface area contributed by atoms with E-state index in [-0.39, 0.29) is 44.8 Å². The molecule has 1 saturated carbocycles. The fourth-order valence-corrected chi connectivity index (χ4v) is 6.32. The second-order valence-electron chi connectivity index (χ2n) is 13.3. The predicted octanol–water partition coefficient (Wildman–Crippen LogP) is 3.62. The molecular formula is C32H41FN4O8. The van der Waals surface area contributed by atoms with Gasteiger partial charge in [0.05, 0.1) is 13.1 Å². The lowest BCUT2D eigenvalue weighted by molar-refractivity contribution is -0.145. The van der Waals surface area contributed by atoms with E-state index in [1.54, 1.807) is 32.9 Å². The number of hydrogen-bond acceptors (Lipinski definition) is 7. The maximum atomic E-state index is 14.3. The van der Waals surface area contributed by atoms with Crippen molar-refractivity contribution in [2.75, 3.05) is 6.54 Å². The van der Waals surface area contributed by atoms with Crippen molar-refractivity contribution in [1.29, 1.82) is 0 Å². The van der Waals surface area contributed by atoms with E-state index in [9.17, 15) is 33.5 Å². The van der Waals surface area contributed by atoms with Crippen molar-refractivity contribution in [3.63, 3.8) is 0 Å². The van der Waals surface area contributed by atoms with Crippen molar-refractivity contribution in [2.45, 2.75) is 108 Å². The Bertz CT molecular complexity index is 1390. The van der Waals surface area contributed by atoms with Crippen molar-refractivity contribution in [3.8, 4) is 0 Å². The number of carbonyl (C=O) groups excluding carboxylic acids is 4. The SMILES string of the molecule is CC(C)(C)OC(=O)NC1CCCCC/C=C/C2CC2(C(=O)O)NC(=O)C2CC(OC(=O)N3Cc4cccc(F)c4C3)CN2C1=O. The summed E-state index contributed by atoms with van der Waals surface area (Å²) in [5, 5.41) is 15.4. The molecule has 12 nitrogen and oxygen atoms in total. The van der Waals surface area contributed by atoms with Crippen LogP contribution in [0, 0.1) is 11.7 Å². The van der Waals surface area contributed by atoms with E-state index in [0.29, 0.717) is 17.5 Å². The molecule has 5 atom stereocenters. The minimum absolute atomic E-state index is 0.0258. The molecule has 45 heavy (non-hydrogen) atoms. The normalized spacial score (nSPS) is 29.2. The predicted molar refractivity (Wildman–Crippen MR) is 158 cm³/mol. The van der Waals surface area contributed by atoms with Crippen LogP contribution >= 0.6 is 0 Å². The minimum Gasteiger partial charge on any atom is -0.479 e. The van der Waals surface area contributed by atoms with Crippen LogP contribution in [0.15, 0.2) is 30.4 Å². The van der Waals surface area contributed by atoms with E-state index in [2.05, 4.69) is 10.6 Å². The highest BCUT2D eigenvalue weighted by Gasteiger charge is 2.61. The van der Waals surface area contributed by atoms with E-state index >= 15 is 0 Å². The summed E-state index contributed by atoms with van der Waals surface area (Å²) in [5.41, 5.74) is -1.22. The monoisotopic (exact) mass is 628 g/mol. The van der Waals surface area contributed by atoms with Crippen LogP contribution in [0.4, 0.5) is 14.0 Å². The molecule has 5 unspecified atom stereocenters. The van der Waals surface area contributed by atoms with E-state index in [1.807, 2.05) is 12.2 Å². The first-order chi connectivity index (χ1) is 21.3. The largest absolute Gasteiger partial charge is 0.479 e. The highest BCUT2D eigenvalue weighted by atomic mass is 19.1. The van der Waals surface area contributed by atoms with Gasteiger partial charge in [-0.15, -0.1) is 0 Å². The van der Waals surface area contributed by atoms with Gasteiger partial charge in [0.15, 0.2) is 0 Å². The lowest BCUT2D eigenvalue weighted by Gasteiger charge is -2.30. The molecule has 0 bridgehead atoms. The molecule has 1 aromatic rings. The highest BCUT2D eigenvalue weighted by Crippen LogP contribution is 2.45. The average molecular weight is 629 g/mol. The first kappa shape index (κ1) is 32.2. The third kappa shape index (κ3) is 7.23. The van der Waals surface area contributed by atoms with Gasteiger partial charge in [0, 0.05) is 24.4 Å². The number of nitrogens with one attached hydrogen (secondary N) is 2. The van der Waals surface area contributed by atoms with Crippen LogP contribution in [0.25, 0.3) is 0 Å². The topological polar surface area (TPSA) is 155 Å². The number of amides is 4. The summed E-state index contributed by atoms with van der Waals surface area (Å²) in [4.78, 5) is 68.5. The minimum atomic E-state index is -1.49. The van der Waals surface area contributed by atoms with E-state index in [0.717, 1.165) is 19.3 Å². The van der Waals surface area contributed by atoms with Crippen LogP contribution in [-0.2, 0) is 36.9 Å². The lowest BCUT2D eigenvalue weighted by Crippen LogP contribution is -2.56. The number of ether oxygens (including phenoxy) is 2. The molecular weight excluding hydrogens is 587 g/mol. The van der Waals surface area contributed by atoms with Gasteiger partial charge in [-0.05, 0) is 58.1 Å². The molecule has 4 aliphatic rings. The molecule has 4 amide bonds. The fourth-order valence-electron chi connectivity index (χ4n) is 6.32. The molecule has 0 radical (unpaired) electrons. The number of hydrogen-bond donors (Lipinski definition) is 3. The van der Waals surface area contributed by atoms with Gasteiger partial charge < -0.3 is 30.1 Å². The Labute approximate surface area is 261 Å². The summed E-state index contributed by atoms with van der Waals surface area (Å²) in [6.45, 7) is 5.15.